The van der Waals surface area contributed by atoms with Crippen LogP contribution in [-0.2, 0) is 11.3 Å². The number of halogens is 1. The number of nitriles is 1. The molecule has 3 nitrogen and oxygen atoms in total. The monoisotopic (exact) mass is 294 g/mol. The van der Waals surface area contributed by atoms with E-state index in [1.807, 2.05) is 6.07 Å². The second-order valence-electron chi connectivity index (χ2n) is 4.56. The molecule has 17 heavy (non-hydrogen) atoms. The number of hydrogen-bond donors (Lipinski definition) is 1. The summed E-state index contributed by atoms with van der Waals surface area (Å²) in [5, 5.41) is 12.4. The molecule has 0 amide bonds. The second kappa shape index (κ2) is 5.18. The number of hydrogen-bond acceptors (Lipinski definition) is 3. The number of nitrogens with zero attached hydrogens (tertiary/aromatic N) is 1. The molecule has 1 heterocycles. The maximum absolute atomic E-state index is 9.05. The Balaban J connectivity index is 1.90. The van der Waals surface area contributed by atoms with Crippen molar-refractivity contribution in [1.29, 1.82) is 5.26 Å². The summed E-state index contributed by atoms with van der Waals surface area (Å²) in [6.07, 6.45) is 0. The molecule has 4 heteroatoms. The van der Waals surface area contributed by atoms with Crippen LogP contribution in [0, 0.1) is 23.7 Å². The van der Waals surface area contributed by atoms with Crippen LogP contribution in [0.4, 0.5) is 0 Å². The highest BCUT2D eigenvalue weighted by Gasteiger charge is 2.38. The van der Waals surface area contributed by atoms with Crippen molar-refractivity contribution >= 4 is 15.9 Å². The van der Waals surface area contributed by atoms with Crippen LogP contribution in [0.5, 0.6) is 0 Å². The van der Waals surface area contributed by atoms with Gasteiger partial charge in [-0.1, -0.05) is 22.0 Å². The van der Waals surface area contributed by atoms with Crippen LogP contribution in [0.2, 0.25) is 0 Å². The maximum atomic E-state index is 9.05. The first-order valence-corrected chi connectivity index (χ1v) is 6.39. The van der Waals surface area contributed by atoms with Gasteiger partial charge in [0, 0.05) is 17.6 Å². The van der Waals surface area contributed by atoms with Crippen LogP contribution < -0.4 is 5.32 Å². The molecule has 0 saturated carbocycles. The molecule has 1 aromatic carbocycles. The van der Waals surface area contributed by atoms with Gasteiger partial charge in [0.05, 0.1) is 19.3 Å². The smallest absolute Gasteiger partial charge is 0.116 e. The Morgan fingerprint density at radius 3 is 2.88 bits per heavy atom. The molecule has 1 aromatic rings. The summed E-state index contributed by atoms with van der Waals surface area (Å²) in [5.74, 6) is 0. The van der Waals surface area contributed by atoms with Gasteiger partial charge in [-0.05, 0) is 30.2 Å². The maximum Gasteiger partial charge on any atom is 0.116 e. The predicted molar refractivity (Wildman–Crippen MR) is 69.5 cm³/mol. The molecular weight excluding hydrogens is 280 g/mol. The fourth-order valence-electron chi connectivity index (χ4n) is 1.82. The van der Waals surface area contributed by atoms with Gasteiger partial charge in [0.2, 0.25) is 0 Å². The summed E-state index contributed by atoms with van der Waals surface area (Å²) in [7, 11) is 0. The van der Waals surface area contributed by atoms with Crippen molar-refractivity contribution in [3.8, 4) is 6.07 Å². The number of ether oxygens (including phenoxy) is 1. The molecule has 1 aliphatic rings. The Morgan fingerprint density at radius 2 is 2.29 bits per heavy atom. The van der Waals surface area contributed by atoms with Crippen molar-refractivity contribution in [1.82, 2.24) is 5.32 Å². The molecule has 1 saturated heterocycles. The van der Waals surface area contributed by atoms with E-state index in [1.54, 1.807) is 0 Å². The van der Waals surface area contributed by atoms with Crippen molar-refractivity contribution in [2.24, 2.45) is 5.41 Å². The third kappa shape index (κ3) is 2.86. The van der Waals surface area contributed by atoms with E-state index in [4.69, 9.17) is 10.00 Å². The quantitative estimate of drug-likeness (QED) is 0.927. The topological polar surface area (TPSA) is 45.0 Å². The van der Waals surface area contributed by atoms with Gasteiger partial charge in [-0.25, -0.2) is 0 Å². The average Bonchev–Trinajstić information content (AvgIpc) is 2.27. The van der Waals surface area contributed by atoms with Crippen LogP contribution in [0.1, 0.15) is 11.1 Å². The average molecular weight is 295 g/mol. The SMILES string of the molecule is Cc1ccc(Br)cc1CNCC1(C#N)COC1. The Morgan fingerprint density at radius 1 is 1.53 bits per heavy atom. The van der Waals surface area contributed by atoms with Crippen molar-refractivity contribution in [3.63, 3.8) is 0 Å². The van der Waals surface area contributed by atoms with Crippen LogP contribution in [0.15, 0.2) is 22.7 Å². The lowest BCUT2D eigenvalue weighted by molar-refractivity contribution is -0.0755. The van der Waals surface area contributed by atoms with Gasteiger partial charge in [0.15, 0.2) is 0 Å². The standard InChI is InChI=1S/C13H15BrN2O/c1-10-2-3-12(14)4-11(10)5-16-7-13(6-15)8-17-9-13/h2-4,16H,5,7-9H2,1H3. The molecule has 2 rings (SSSR count). The fraction of sp³-hybridized carbons (Fsp3) is 0.462. The second-order valence-corrected chi connectivity index (χ2v) is 5.47. The minimum atomic E-state index is -0.306. The number of rotatable bonds is 4. The van der Waals surface area contributed by atoms with Gasteiger partial charge in [-0.15, -0.1) is 0 Å². The first kappa shape index (κ1) is 12.6. The summed E-state index contributed by atoms with van der Waals surface area (Å²) in [6.45, 7) is 4.67. The molecule has 90 valence electrons. The first-order chi connectivity index (χ1) is 8.15. The lowest BCUT2D eigenvalue weighted by atomic mass is 9.88. The van der Waals surface area contributed by atoms with Gasteiger partial charge >= 0.3 is 0 Å². The lowest BCUT2D eigenvalue weighted by Crippen LogP contribution is -2.48. The van der Waals surface area contributed by atoms with Gasteiger partial charge in [0.25, 0.3) is 0 Å². The number of benzene rings is 1. The van der Waals surface area contributed by atoms with E-state index < -0.39 is 0 Å². The Labute approximate surface area is 110 Å². The summed E-state index contributed by atoms with van der Waals surface area (Å²) in [6, 6.07) is 8.57. The fourth-order valence-corrected chi connectivity index (χ4v) is 2.23. The molecule has 0 atom stereocenters. The van der Waals surface area contributed by atoms with E-state index >= 15 is 0 Å². The highest BCUT2D eigenvalue weighted by Crippen LogP contribution is 2.25. The van der Waals surface area contributed by atoms with E-state index in [9.17, 15) is 0 Å². The zero-order valence-corrected chi connectivity index (χ0v) is 11.4. The Kier molecular flexibility index (Phi) is 3.82. The molecule has 0 unspecified atom stereocenters. The van der Waals surface area contributed by atoms with Crippen molar-refractivity contribution < 1.29 is 4.74 Å². The zero-order valence-electron chi connectivity index (χ0n) is 9.79. The van der Waals surface area contributed by atoms with E-state index in [1.165, 1.54) is 11.1 Å². The molecule has 1 fully saturated rings. The van der Waals surface area contributed by atoms with Crippen LogP contribution >= 0.6 is 15.9 Å². The minimum Gasteiger partial charge on any atom is -0.378 e. The summed E-state index contributed by atoms with van der Waals surface area (Å²) in [5.41, 5.74) is 2.21. The largest absolute Gasteiger partial charge is 0.378 e. The van der Waals surface area contributed by atoms with E-state index in [0.29, 0.717) is 19.8 Å². The lowest BCUT2D eigenvalue weighted by Gasteiger charge is -2.35. The number of aryl methyl sites for hydroxylation is 1. The highest BCUT2D eigenvalue weighted by molar-refractivity contribution is 9.10. The number of nitrogens with one attached hydrogen (secondary N) is 1. The first-order valence-electron chi connectivity index (χ1n) is 5.60. The van der Waals surface area contributed by atoms with Crippen molar-refractivity contribution in [2.75, 3.05) is 19.8 Å². The van der Waals surface area contributed by atoms with Crippen LogP contribution in [-0.4, -0.2) is 19.8 Å². The molecule has 0 bridgehead atoms. The highest BCUT2D eigenvalue weighted by atomic mass is 79.9. The van der Waals surface area contributed by atoms with E-state index in [2.05, 4.69) is 46.4 Å². The molecule has 0 spiro atoms. The van der Waals surface area contributed by atoms with Crippen LogP contribution in [0.3, 0.4) is 0 Å². The van der Waals surface area contributed by atoms with Crippen LogP contribution in [0.25, 0.3) is 0 Å². The molecule has 1 aliphatic heterocycles. The molecule has 0 aliphatic carbocycles. The molecule has 0 aromatic heterocycles. The molecular formula is C13H15BrN2O. The summed E-state index contributed by atoms with van der Waals surface area (Å²) >= 11 is 3.47. The Bertz CT molecular complexity index is 449. The van der Waals surface area contributed by atoms with E-state index in [-0.39, 0.29) is 5.41 Å². The normalized spacial score (nSPS) is 17.2. The predicted octanol–water partition coefficient (Wildman–Crippen LogP) is 2.39. The van der Waals surface area contributed by atoms with Gasteiger partial charge in [-0.2, -0.15) is 5.26 Å². The van der Waals surface area contributed by atoms with Crippen molar-refractivity contribution in [2.45, 2.75) is 13.5 Å². The van der Waals surface area contributed by atoms with Gasteiger partial charge in [0.1, 0.15) is 5.41 Å². The Hall–Kier alpha value is -0.890. The zero-order chi connectivity index (χ0) is 12.3. The van der Waals surface area contributed by atoms with Gasteiger partial charge < -0.3 is 10.1 Å². The summed E-state index contributed by atoms with van der Waals surface area (Å²) in [4.78, 5) is 0. The summed E-state index contributed by atoms with van der Waals surface area (Å²) < 4.78 is 6.19. The molecule has 0 radical (unpaired) electrons. The third-order valence-electron chi connectivity index (χ3n) is 3.08. The third-order valence-corrected chi connectivity index (χ3v) is 3.58. The van der Waals surface area contributed by atoms with E-state index in [0.717, 1.165) is 11.0 Å². The van der Waals surface area contributed by atoms with Gasteiger partial charge in [-0.3, -0.25) is 0 Å². The van der Waals surface area contributed by atoms with Crippen molar-refractivity contribution in [3.05, 3.63) is 33.8 Å². The minimum absolute atomic E-state index is 0.306. The molecule has 1 N–H and O–H groups in total.